The van der Waals surface area contributed by atoms with Crippen LogP contribution in [0.3, 0.4) is 0 Å². The first-order chi connectivity index (χ1) is 12.5. The predicted molar refractivity (Wildman–Crippen MR) is 95.3 cm³/mol. The lowest BCUT2D eigenvalue weighted by atomic mass is 10.0. The Balaban J connectivity index is 1.55. The Labute approximate surface area is 152 Å². The number of hydrogen-bond donors (Lipinski definition) is 1. The molecule has 1 N–H and O–H groups in total. The SMILES string of the molecule is Cc1cccc(C(=O)OCC(=O)N[C@@H](C)c2ccc3c(c2)OCO3)c1C. The van der Waals surface area contributed by atoms with Gasteiger partial charge in [0.05, 0.1) is 11.6 Å². The second-order valence-corrected chi connectivity index (χ2v) is 6.23. The molecule has 0 saturated carbocycles. The fraction of sp³-hybridized carbons (Fsp3) is 0.300. The number of fused-ring (bicyclic) bond motifs is 1. The molecule has 1 amide bonds. The Morgan fingerprint density at radius 2 is 1.92 bits per heavy atom. The summed E-state index contributed by atoms with van der Waals surface area (Å²) in [6.45, 7) is 5.50. The summed E-state index contributed by atoms with van der Waals surface area (Å²) in [5.74, 6) is 0.477. The molecule has 26 heavy (non-hydrogen) atoms. The average molecular weight is 355 g/mol. The molecule has 3 rings (SSSR count). The molecule has 0 unspecified atom stereocenters. The van der Waals surface area contributed by atoms with Crippen molar-refractivity contribution in [1.29, 1.82) is 0 Å². The molecule has 6 nitrogen and oxygen atoms in total. The van der Waals surface area contributed by atoms with Gasteiger partial charge < -0.3 is 19.5 Å². The van der Waals surface area contributed by atoms with Gasteiger partial charge in [0, 0.05) is 0 Å². The number of hydrogen-bond acceptors (Lipinski definition) is 5. The molecule has 0 fully saturated rings. The molecule has 1 heterocycles. The minimum atomic E-state index is -0.503. The Kier molecular flexibility index (Phi) is 5.11. The normalized spacial score (nSPS) is 13.2. The molecular formula is C20H21NO5. The molecule has 6 heteroatoms. The second kappa shape index (κ2) is 7.47. The molecule has 0 radical (unpaired) electrons. The van der Waals surface area contributed by atoms with Crippen LogP contribution in [0, 0.1) is 13.8 Å². The quantitative estimate of drug-likeness (QED) is 0.835. The fourth-order valence-corrected chi connectivity index (χ4v) is 2.73. The van der Waals surface area contributed by atoms with Crippen LogP contribution in [0.15, 0.2) is 36.4 Å². The first kappa shape index (κ1) is 17.8. The van der Waals surface area contributed by atoms with E-state index in [2.05, 4.69) is 5.32 Å². The van der Waals surface area contributed by atoms with E-state index in [1.165, 1.54) is 0 Å². The van der Waals surface area contributed by atoms with Crippen LogP contribution in [-0.2, 0) is 9.53 Å². The summed E-state index contributed by atoms with van der Waals surface area (Å²) in [4.78, 5) is 24.3. The van der Waals surface area contributed by atoms with Gasteiger partial charge in [-0.2, -0.15) is 0 Å². The lowest BCUT2D eigenvalue weighted by Gasteiger charge is -2.15. The molecule has 136 valence electrons. The van der Waals surface area contributed by atoms with Crippen molar-refractivity contribution < 1.29 is 23.8 Å². The highest BCUT2D eigenvalue weighted by molar-refractivity contribution is 5.93. The first-order valence-electron chi connectivity index (χ1n) is 8.38. The van der Waals surface area contributed by atoms with Crippen LogP contribution in [0.25, 0.3) is 0 Å². The van der Waals surface area contributed by atoms with Gasteiger partial charge in [-0.15, -0.1) is 0 Å². The van der Waals surface area contributed by atoms with E-state index in [1.54, 1.807) is 18.2 Å². The zero-order valence-corrected chi connectivity index (χ0v) is 15.0. The number of aryl methyl sites for hydroxylation is 1. The summed E-state index contributed by atoms with van der Waals surface area (Å²) < 4.78 is 15.8. The maximum atomic E-state index is 12.2. The zero-order valence-electron chi connectivity index (χ0n) is 15.0. The lowest BCUT2D eigenvalue weighted by molar-refractivity contribution is -0.124. The molecule has 0 spiro atoms. The van der Waals surface area contributed by atoms with Gasteiger partial charge in [0.2, 0.25) is 6.79 Å². The van der Waals surface area contributed by atoms with E-state index in [0.717, 1.165) is 16.7 Å². The number of ether oxygens (including phenoxy) is 3. The molecule has 0 saturated heterocycles. The van der Waals surface area contributed by atoms with Crippen LogP contribution in [0.2, 0.25) is 0 Å². The first-order valence-corrected chi connectivity index (χ1v) is 8.38. The lowest BCUT2D eigenvalue weighted by Crippen LogP contribution is -2.31. The summed E-state index contributed by atoms with van der Waals surface area (Å²) in [5.41, 5.74) is 3.21. The molecule has 1 aliphatic rings. The van der Waals surface area contributed by atoms with Gasteiger partial charge in [-0.1, -0.05) is 18.2 Å². The van der Waals surface area contributed by atoms with E-state index in [1.807, 2.05) is 39.0 Å². The topological polar surface area (TPSA) is 73.9 Å². The predicted octanol–water partition coefficient (Wildman–Crippen LogP) is 3.07. The largest absolute Gasteiger partial charge is 0.454 e. The van der Waals surface area contributed by atoms with Crippen molar-refractivity contribution in [3.05, 3.63) is 58.7 Å². The van der Waals surface area contributed by atoms with E-state index in [9.17, 15) is 9.59 Å². The number of benzene rings is 2. The summed E-state index contributed by atoms with van der Waals surface area (Å²) in [6, 6.07) is 10.7. The monoisotopic (exact) mass is 355 g/mol. The van der Waals surface area contributed by atoms with Crippen LogP contribution in [0.5, 0.6) is 11.5 Å². The number of nitrogens with one attached hydrogen (secondary N) is 1. The molecule has 2 aromatic carbocycles. The molecule has 0 aromatic heterocycles. The van der Waals surface area contributed by atoms with E-state index in [-0.39, 0.29) is 25.3 Å². The molecule has 1 aliphatic heterocycles. The maximum absolute atomic E-state index is 12.2. The minimum absolute atomic E-state index is 0.202. The molecule has 0 bridgehead atoms. The highest BCUT2D eigenvalue weighted by Crippen LogP contribution is 2.34. The van der Waals surface area contributed by atoms with Gasteiger partial charge in [-0.05, 0) is 55.7 Å². The third-order valence-corrected chi connectivity index (χ3v) is 4.43. The van der Waals surface area contributed by atoms with Gasteiger partial charge in [0.15, 0.2) is 18.1 Å². The highest BCUT2D eigenvalue weighted by atomic mass is 16.7. The van der Waals surface area contributed by atoms with E-state index < -0.39 is 5.97 Å². The van der Waals surface area contributed by atoms with Gasteiger partial charge in [-0.25, -0.2) is 4.79 Å². The molecule has 0 aliphatic carbocycles. The van der Waals surface area contributed by atoms with E-state index in [0.29, 0.717) is 17.1 Å². The van der Waals surface area contributed by atoms with E-state index >= 15 is 0 Å². The van der Waals surface area contributed by atoms with Crippen molar-refractivity contribution in [3.8, 4) is 11.5 Å². The summed E-state index contributed by atoms with van der Waals surface area (Å²) in [7, 11) is 0. The number of rotatable bonds is 5. The second-order valence-electron chi connectivity index (χ2n) is 6.23. The van der Waals surface area contributed by atoms with Crippen molar-refractivity contribution >= 4 is 11.9 Å². The summed E-state index contributed by atoms with van der Waals surface area (Å²) in [5, 5.41) is 2.81. The standard InChI is InChI=1S/C20H21NO5/c1-12-5-4-6-16(13(12)2)20(23)24-10-19(22)21-14(3)15-7-8-17-18(9-15)26-11-25-17/h4-9,14H,10-11H2,1-3H3,(H,21,22)/t14-/m0/s1. The van der Waals surface area contributed by atoms with Crippen LogP contribution in [-0.4, -0.2) is 25.3 Å². The molecular weight excluding hydrogens is 334 g/mol. The Morgan fingerprint density at radius 3 is 2.73 bits per heavy atom. The van der Waals surface area contributed by atoms with Crippen LogP contribution < -0.4 is 14.8 Å². The average Bonchev–Trinajstić information content (AvgIpc) is 3.09. The van der Waals surface area contributed by atoms with Gasteiger partial charge >= 0.3 is 5.97 Å². The van der Waals surface area contributed by atoms with Crippen LogP contribution in [0.4, 0.5) is 0 Å². The van der Waals surface area contributed by atoms with Crippen molar-refractivity contribution in [3.63, 3.8) is 0 Å². The van der Waals surface area contributed by atoms with Crippen molar-refractivity contribution in [2.24, 2.45) is 0 Å². The van der Waals surface area contributed by atoms with Crippen molar-refractivity contribution in [2.45, 2.75) is 26.8 Å². The van der Waals surface area contributed by atoms with Crippen LogP contribution >= 0.6 is 0 Å². The van der Waals surface area contributed by atoms with Crippen LogP contribution in [0.1, 0.15) is 40.0 Å². The summed E-state index contributed by atoms with van der Waals surface area (Å²) >= 11 is 0. The molecule has 1 atom stereocenters. The minimum Gasteiger partial charge on any atom is -0.454 e. The van der Waals surface area contributed by atoms with E-state index in [4.69, 9.17) is 14.2 Å². The van der Waals surface area contributed by atoms with Crippen molar-refractivity contribution in [2.75, 3.05) is 13.4 Å². The zero-order chi connectivity index (χ0) is 18.7. The molecule has 2 aromatic rings. The van der Waals surface area contributed by atoms with Crippen molar-refractivity contribution in [1.82, 2.24) is 5.32 Å². The van der Waals surface area contributed by atoms with Gasteiger partial charge in [0.1, 0.15) is 0 Å². The Hall–Kier alpha value is -3.02. The van der Waals surface area contributed by atoms with Gasteiger partial charge in [-0.3, -0.25) is 4.79 Å². The Bertz CT molecular complexity index is 846. The Morgan fingerprint density at radius 1 is 1.15 bits per heavy atom. The summed E-state index contributed by atoms with van der Waals surface area (Å²) in [6.07, 6.45) is 0. The number of carbonyl (C=O) groups is 2. The maximum Gasteiger partial charge on any atom is 0.338 e. The number of esters is 1. The smallest absolute Gasteiger partial charge is 0.338 e. The number of amides is 1. The third-order valence-electron chi connectivity index (χ3n) is 4.43. The fourth-order valence-electron chi connectivity index (χ4n) is 2.73. The number of carbonyl (C=O) groups excluding carboxylic acids is 2. The highest BCUT2D eigenvalue weighted by Gasteiger charge is 2.18. The third kappa shape index (κ3) is 3.79. The van der Waals surface area contributed by atoms with Gasteiger partial charge in [0.25, 0.3) is 5.91 Å².